The average Bonchev–Trinajstić information content (AvgIpc) is 2.46. The first-order valence-corrected chi connectivity index (χ1v) is 7.24. The van der Waals surface area contributed by atoms with Gasteiger partial charge in [-0.2, -0.15) is 0 Å². The van der Waals surface area contributed by atoms with Gasteiger partial charge in [0.05, 0.1) is 24.9 Å². The summed E-state index contributed by atoms with van der Waals surface area (Å²) in [5.41, 5.74) is 8.97. The van der Waals surface area contributed by atoms with Gasteiger partial charge < -0.3 is 20.2 Å². The van der Waals surface area contributed by atoms with Crippen molar-refractivity contribution in [2.24, 2.45) is 0 Å². The number of fused-ring (bicyclic) bond motifs is 1. The van der Waals surface area contributed by atoms with E-state index in [2.05, 4.69) is 4.98 Å². The lowest BCUT2D eigenvalue weighted by molar-refractivity contribution is -0.137. The second kappa shape index (κ2) is 6.56. The molecule has 23 heavy (non-hydrogen) atoms. The van der Waals surface area contributed by atoms with Crippen LogP contribution in [0, 0.1) is 6.92 Å². The van der Waals surface area contributed by atoms with Crippen molar-refractivity contribution in [3.8, 4) is 5.75 Å². The fourth-order valence-corrected chi connectivity index (χ4v) is 2.52. The van der Waals surface area contributed by atoms with Crippen LogP contribution in [0.15, 0.2) is 23.0 Å². The predicted molar refractivity (Wildman–Crippen MR) is 90.6 cm³/mol. The standard InChI is InChI=1S/C17H20N2O4/c1-5-23-14(21)7-10(3)11-8-12-9(2)6-13(20)19-16(12)17(22-4)15(11)18/h6-8H,5,18H2,1-4H3,(H,19,20)/b10-7+. The Kier molecular flexibility index (Phi) is 4.74. The van der Waals surface area contributed by atoms with Crippen LogP contribution in [0.5, 0.6) is 5.75 Å². The molecule has 1 aromatic carbocycles. The first-order valence-electron chi connectivity index (χ1n) is 7.24. The number of nitrogen functional groups attached to an aromatic ring is 1. The number of nitrogens with two attached hydrogens (primary N) is 1. The molecule has 6 nitrogen and oxygen atoms in total. The number of carbonyl (C=O) groups is 1. The van der Waals surface area contributed by atoms with E-state index in [0.29, 0.717) is 34.7 Å². The Labute approximate surface area is 133 Å². The smallest absolute Gasteiger partial charge is 0.331 e. The van der Waals surface area contributed by atoms with E-state index in [1.54, 1.807) is 13.8 Å². The summed E-state index contributed by atoms with van der Waals surface area (Å²) < 4.78 is 10.3. The lowest BCUT2D eigenvalue weighted by Crippen LogP contribution is -2.08. The molecule has 0 radical (unpaired) electrons. The number of hydrogen-bond donors (Lipinski definition) is 2. The fraction of sp³-hybridized carbons (Fsp3) is 0.294. The number of anilines is 1. The van der Waals surface area contributed by atoms with E-state index in [-0.39, 0.29) is 5.56 Å². The molecular formula is C17H20N2O4. The van der Waals surface area contributed by atoms with Crippen molar-refractivity contribution in [2.75, 3.05) is 19.5 Å². The SMILES string of the molecule is CCOC(=O)/C=C(\C)c1cc2c(C)cc(=O)[nH]c2c(OC)c1N. The second-order valence-electron chi connectivity index (χ2n) is 5.19. The Morgan fingerprint density at radius 1 is 1.39 bits per heavy atom. The molecule has 1 aromatic heterocycles. The van der Waals surface area contributed by atoms with Crippen LogP contribution in [-0.2, 0) is 9.53 Å². The van der Waals surface area contributed by atoms with E-state index in [9.17, 15) is 9.59 Å². The van der Waals surface area contributed by atoms with E-state index in [4.69, 9.17) is 15.2 Å². The molecule has 0 fully saturated rings. The minimum atomic E-state index is -0.429. The number of allylic oxidation sites excluding steroid dienone is 1. The molecule has 0 saturated heterocycles. The van der Waals surface area contributed by atoms with Gasteiger partial charge in [0.25, 0.3) is 0 Å². The normalized spacial score (nSPS) is 11.6. The molecule has 0 aliphatic rings. The number of pyridine rings is 1. The highest BCUT2D eigenvalue weighted by Gasteiger charge is 2.16. The summed E-state index contributed by atoms with van der Waals surface area (Å²) in [5, 5.41) is 0.808. The van der Waals surface area contributed by atoms with E-state index in [0.717, 1.165) is 10.9 Å². The second-order valence-corrected chi connectivity index (χ2v) is 5.19. The number of hydrogen-bond acceptors (Lipinski definition) is 5. The third-order valence-electron chi connectivity index (χ3n) is 3.59. The number of benzene rings is 1. The van der Waals surface area contributed by atoms with Crippen molar-refractivity contribution in [1.82, 2.24) is 4.98 Å². The van der Waals surface area contributed by atoms with Crippen LogP contribution in [0.25, 0.3) is 16.5 Å². The average molecular weight is 316 g/mol. The minimum Gasteiger partial charge on any atom is -0.492 e. The lowest BCUT2D eigenvalue weighted by Gasteiger charge is -2.15. The number of aryl methyl sites for hydroxylation is 1. The molecule has 0 atom stereocenters. The Morgan fingerprint density at radius 2 is 2.09 bits per heavy atom. The molecule has 0 aliphatic heterocycles. The van der Waals surface area contributed by atoms with Crippen molar-refractivity contribution in [3.05, 3.63) is 39.7 Å². The van der Waals surface area contributed by atoms with Crippen LogP contribution in [-0.4, -0.2) is 24.7 Å². The van der Waals surface area contributed by atoms with Crippen LogP contribution < -0.4 is 16.0 Å². The zero-order valence-electron chi connectivity index (χ0n) is 13.6. The summed E-state index contributed by atoms with van der Waals surface area (Å²) in [7, 11) is 1.49. The monoisotopic (exact) mass is 316 g/mol. The topological polar surface area (TPSA) is 94.4 Å². The Hall–Kier alpha value is -2.76. The molecule has 0 unspecified atom stereocenters. The minimum absolute atomic E-state index is 0.223. The van der Waals surface area contributed by atoms with Gasteiger partial charge in [-0.1, -0.05) is 0 Å². The van der Waals surface area contributed by atoms with Crippen molar-refractivity contribution in [1.29, 1.82) is 0 Å². The predicted octanol–water partition coefficient (Wildman–Crippen LogP) is 2.39. The van der Waals surface area contributed by atoms with Crippen LogP contribution in [0.4, 0.5) is 5.69 Å². The summed E-state index contributed by atoms with van der Waals surface area (Å²) in [6.45, 7) is 5.66. The molecule has 3 N–H and O–H groups in total. The van der Waals surface area contributed by atoms with Crippen LogP contribution in [0.1, 0.15) is 25.0 Å². The molecular weight excluding hydrogens is 296 g/mol. The maximum Gasteiger partial charge on any atom is 0.331 e. The third-order valence-corrected chi connectivity index (χ3v) is 3.59. The summed E-state index contributed by atoms with van der Waals surface area (Å²) >= 11 is 0. The third kappa shape index (κ3) is 3.21. The number of nitrogens with one attached hydrogen (secondary N) is 1. The van der Waals surface area contributed by atoms with Crippen molar-refractivity contribution in [2.45, 2.75) is 20.8 Å². The van der Waals surface area contributed by atoms with E-state index in [1.165, 1.54) is 19.3 Å². The number of rotatable bonds is 4. The largest absolute Gasteiger partial charge is 0.492 e. The molecule has 1 heterocycles. The maximum absolute atomic E-state index is 11.7. The van der Waals surface area contributed by atoms with Gasteiger partial charge in [-0.3, -0.25) is 4.79 Å². The summed E-state index contributed by atoms with van der Waals surface area (Å²) in [6.07, 6.45) is 1.39. The van der Waals surface area contributed by atoms with Gasteiger partial charge in [0, 0.05) is 23.1 Å². The number of methoxy groups -OCH3 is 1. The molecule has 6 heteroatoms. The van der Waals surface area contributed by atoms with Crippen molar-refractivity contribution in [3.63, 3.8) is 0 Å². The van der Waals surface area contributed by atoms with Crippen molar-refractivity contribution >= 4 is 28.1 Å². The van der Waals surface area contributed by atoms with Gasteiger partial charge >= 0.3 is 5.97 Å². The number of aromatic nitrogens is 1. The molecule has 2 aromatic rings. The number of H-pyrrole nitrogens is 1. The number of aromatic amines is 1. The van der Waals surface area contributed by atoms with Crippen LogP contribution in [0.2, 0.25) is 0 Å². The number of esters is 1. The molecule has 0 bridgehead atoms. The quantitative estimate of drug-likeness (QED) is 0.513. The molecule has 0 spiro atoms. The number of ether oxygens (including phenoxy) is 2. The Balaban J connectivity index is 2.73. The Morgan fingerprint density at radius 3 is 2.70 bits per heavy atom. The molecule has 122 valence electrons. The summed E-state index contributed by atoms with van der Waals surface area (Å²) in [5.74, 6) is -0.0448. The molecule has 0 aliphatic carbocycles. The van der Waals surface area contributed by atoms with Gasteiger partial charge in [0.15, 0.2) is 5.75 Å². The van der Waals surface area contributed by atoms with Crippen LogP contribution in [0.3, 0.4) is 0 Å². The van der Waals surface area contributed by atoms with Gasteiger partial charge in [-0.05, 0) is 38.0 Å². The fourth-order valence-electron chi connectivity index (χ4n) is 2.52. The van der Waals surface area contributed by atoms with Gasteiger partial charge in [0.2, 0.25) is 5.56 Å². The van der Waals surface area contributed by atoms with Crippen molar-refractivity contribution < 1.29 is 14.3 Å². The molecule has 0 saturated carbocycles. The first-order chi connectivity index (χ1) is 10.9. The molecule has 0 amide bonds. The number of carbonyl (C=O) groups excluding carboxylic acids is 1. The highest BCUT2D eigenvalue weighted by Crippen LogP contribution is 2.37. The molecule has 2 rings (SSSR count). The first kappa shape index (κ1) is 16.6. The summed E-state index contributed by atoms with van der Waals surface area (Å²) in [6, 6.07) is 3.34. The van der Waals surface area contributed by atoms with E-state index >= 15 is 0 Å². The summed E-state index contributed by atoms with van der Waals surface area (Å²) in [4.78, 5) is 26.1. The zero-order valence-corrected chi connectivity index (χ0v) is 13.6. The van der Waals surface area contributed by atoms with Crippen LogP contribution >= 0.6 is 0 Å². The highest BCUT2D eigenvalue weighted by atomic mass is 16.5. The Bertz CT molecular complexity index is 850. The van der Waals surface area contributed by atoms with Gasteiger partial charge in [0.1, 0.15) is 0 Å². The van der Waals surface area contributed by atoms with Gasteiger partial charge in [-0.15, -0.1) is 0 Å². The van der Waals surface area contributed by atoms with E-state index < -0.39 is 5.97 Å². The highest BCUT2D eigenvalue weighted by molar-refractivity contribution is 6.00. The van der Waals surface area contributed by atoms with Gasteiger partial charge in [-0.25, -0.2) is 4.79 Å². The maximum atomic E-state index is 11.7. The zero-order chi connectivity index (χ0) is 17.1. The van der Waals surface area contributed by atoms with E-state index in [1.807, 2.05) is 13.0 Å². The lowest BCUT2D eigenvalue weighted by atomic mass is 9.99.